The van der Waals surface area contributed by atoms with E-state index in [0.29, 0.717) is 17.5 Å². The van der Waals surface area contributed by atoms with E-state index < -0.39 is 15.1 Å². The van der Waals surface area contributed by atoms with Gasteiger partial charge in [-0.25, -0.2) is 12.8 Å². The van der Waals surface area contributed by atoms with Crippen LogP contribution in [-0.2, 0) is 9.84 Å². The van der Waals surface area contributed by atoms with Crippen LogP contribution in [0.25, 0.3) is 0 Å². The van der Waals surface area contributed by atoms with Crippen LogP contribution in [0, 0.1) is 19.7 Å². The van der Waals surface area contributed by atoms with Crippen molar-refractivity contribution < 1.29 is 12.8 Å². The van der Waals surface area contributed by atoms with Gasteiger partial charge in [0.1, 0.15) is 5.82 Å². The molecule has 1 aromatic rings. The highest BCUT2D eigenvalue weighted by atomic mass is 79.9. The maximum absolute atomic E-state index is 13.6. The molecule has 2 rings (SSSR count). The average Bonchev–Trinajstić information content (AvgIpc) is 2.34. The monoisotopic (exact) mass is 348 g/mol. The fourth-order valence-electron chi connectivity index (χ4n) is 2.66. The number of benzene rings is 1. The Labute approximate surface area is 122 Å². The van der Waals surface area contributed by atoms with Crippen LogP contribution < -0.4 is 0 Å². The van der Waals surface area contributed by atoms with Crippen LogP contribution in [-0.4, -0.2) is 19.4 Å². The first-order valence-corrected chi connectivity index (χ1v) is 9.08. The Bertz CT molecular complexity index is 560. The lowest BCUT2D eigenvalue weighted by Crippen LogP contribution is -2.31. The van der Waals surface area contributed by atoms with E-state index in [2.05, 4.69) is 15.9 Å². The number of alkyl halides is 1. The number of hydrogen-bond acceptors (Lipinski definition) is 2. The average molecular weight is 349 g/mol. The molecule has 0 saturated carbocycles. The molecule has 0 bridgehead atoms. The summed E-state index contributed by atoms with van der Waals surface area (Å²) in [6.45, 7) is 3.42. The first-order chi connectivity index (χ1) is 8.83. The number of hydrogen-bond donors (Lipinski definition) is 0. The Morgan fingerprint density at radius 1 is 1.26 bits per heavy atom. The Morgan fingerprint density at radius 2 is 1.84 bits per heavy atom. The molecule has 1 heterocycles. The molecule has 19 heavy (non-hydrogen) atoms. The molecule has 0 N–H and O–H groups in total. The molecular weight excluding hydrogens is 331 g/mol. The summed E-state index contributed by atoms with van der Waals surface area (Å²) in [7, 11) is -3.05. The Morgan fingerprint density at radius 3 is 2.37 bits per heavy atom. The van der Waals surface area contributed by atoms with Crippen LogP contribution in [0.4, 0.5) is 4.39 Å². The SMILES string of the molecule is Cc1cc(C(Br)C2CCCCS2(=O)=O)cc(C)c1F. The van der Waals surface area contributed by atoms with Crippen molar-refractivity contribution in [1.29, 1.82) is 0 Å². The first kappa shape index (κ1) is 15.0. The van der Waals surface area contributed by atoms with E-state index in [1.165, 1.54) is 0 Å². The van der Waals surface area contributed by atoms with Crippen LogP contribution in [0.5, 0.6) is 0 Å². The lowest BCUT2D eigenvalue weighted by Gasteiger charge is -2.27. The van der Waals surface area contributed by atoms with Crippen molar-refractivity contribution in [2.45, 2.75) is 43.2 Å². The number of sulfone groups is 1. The molecule has 0 aliphatic carbocycles. The van der Waals surface area contributed by atoms with Crippen molar-refractivity contribution in [3.05, 3.63) is 34.6 Å². The highest BCUT2D eigenvalue weighted by molar-refractivity contribution is 9.09. The largest absolute Gasteiger partial charge is 0.228 e. The minimum absolute atomic E-state index is 0.213. The first-order valence-electron chi connectivity index (χ1n) is 6.45. The zero-order valence-corrected chi connectivity index (χ0v) is 13.5. The molecule has 2 unspecified atom stereocenters. The third-order valence-corrected chi connectivity index (χ3v) is 7.54. The molecule has 0 aromatic heterocycles. The maximum atomic E-state index is 13.6. The fourth-order valence-corrected chi connectivity index (χ4v) is 6.13. The standard InChI is InChI=1S/C14H18BrFO2S/c1-9-7-11(8-10(2)14(9)16)13(15)12-5-3-4-6-19(12,17)18/h7-8,12-13H,3-6H2,1-2H3. The van der Waals surface area contributed by atoms with Gasteiger partial charge in [-0.15, -0.1) is 0 Å². The predicted octanol–water partition coefficient (Wildman–Crippen LogP) is 3.85. The predicted molar refractivity (Wildman–Crippen MR) is 79.0 cm³/mol. The van der Waals surface area contributed by atoms with Crippen LogP contribution in [0.2, 0.25) is 0 Å². The summed E-state index contributed by atoms with van der Waals surface area (Å²) in [6, 6.07) is 3.48. The van der Waals surface area contributed by atoms with Crippen molar-refractivity contribution in [3.63, 3.8) is 0 Å². The summed E-state index contributed by atoms with van der Waals surface area (Å²) < 4.78 is 37.9. The summed E-state index contributed by atoms with van der Waals surface area (Å²) in [5.74, 6) is 0.0498. The van der Waals surface area contributed by atoms with Crippen LogP contribution >= 0.6 is 15.9 Å². The van der Waals surface area contributed by atoms with Gasteiger partial charge in [-0.2, -0.15) is 0 Å². The molecule has 1 saturated heterocycles. The van der Waals surface area contributed by atoms with E-state index >= 15 is 0 Å². The van der Waals surface area contributed by atoms with E-state index in [1.54, 1.807) is 26.0 Å². The molecule has 1 aliphatic rings. The van der Waals surface area contributed by atoms with Crippen LogP contribution in [0.15, 0.2) is 12.1 Å². The van der Waals surface area contributed by atoms with Crippen molar-refractivity contribution in [2.24, 2.45) is 0 Å². The zero-order chi connectivity index (χ0) is 14.2. The van der Waals surface area contributed by atoms with Gasteiger partial charge in [-0.1, -0.05) is 34.5 Å². The van der Waals surface area contributed by atoms with Gasteiger partial charge in [0.05, 0.1) is 15.8 Å². The minimum atomic E-state index is -3.05. The molecule has 106 valence electrons. The molecule has 0 spiro atoms. The summed E-state index contributed by atoms with van der Waals surface area (Å²) in [5.41, 5.74) is 1.98. The van der Waals surface area contributed by atoms with Crippen molar-refractivity contribution in [3.8, 4) is 0 Å². The second kappa shape index (κ2) is 5.52. The molecular formula is C14H18BrFO2S. The van der Waals surface area contributed by atoms with Gasteiger partial charge < -0.3 is 0 Å². The smallest absolute Gasteiger partial charge is 0.154 e. The van der Waals surface area contributed by atoms with E-state index in [4.69, 9.17) is 0 Å². The third kappa shape index (κ3) is 3.02. The normalized spacial score (nSPS) is 24.1. The van der Waals surface area contributed by atoms with Crippen LogP contribution in [0.3, 0.4) is 0 Å². The molecule has 1 aromatic carbocycles. The Balaban J connectivity index is 2.36. The molecule has 1 fully saturated rings. The summed E-state index contributed by atoms with van der Waals surface area (Å²) >= 11 is 3.51. The van der Waals surface area contributed by atoms with Gasteiger partial charge in [0, 0.05) is 0 Å². The van der Waals surface area contributed by atoms with Gasteiger partial charge in [-0.3, -0.25) is 0 Å². The molecule has 5 heteroatoms. The quantitative estimate of drug-likeness (QED) is 0.760. The second-order valence-electron chi connectivity index (χ2n) is 5.27. The van der Waals surface area contributed by atoms with Crippen LogP contribution in [0.1, 0.15) is 40.8 Å². The molecule has 2 atom stereocenters. The van der Waals surface area contributed by atoms with E-state index in [0.717, 1.165) is 18.4 Å². The summed E-state index contributed by atoms with van der Waals surface area (Å²) in [4.78, 5) is -0.254. The highest BCUT2D eigenvalue weighted by Gasteiger charge is 2.35. The van der Waals surface area contributed by atoms with Gasteiger partial charge in [-0.05, 0) is 43.4 Å². The van der Waals surface area contributed by atoms with Gasteiger partial charge in [0.15, 0.2) is 9.84 Å². The van der Waals surface area contributed by atoms with Gasteiger partial charge in [0.2, 0.25) is 0 Å². The maximum Gasteiger partial charge on any atom is 0.154 e. The highest BCUT2D eigenvalue weighted by Crippen LogP contribution is 2.37. The molecule has 0 amide bonds. The number of halogens is 2. The molecule has 0 radical (unpaired) electrons. The van der Waals surface area contributed by atoms with Crippen molar-refractivity contribution >= 4 is 25.8 Å². The van der Waals surface area contributed by atoms with E-state index in [1.807, 2.05) is 0 Å². The Hall–Kier alpha value is -0.420. The topological polar surface area (TPSA) is 34.1 Å². The zero-order valence-electron chi connectivity index (χ0n) is 11.1. The summed E-state index contributed by atoms with van der Waals surface area (Å²) in [5, 5.41) is -0.398. The molecule has 2 nitrogen and oxygen atoms in total. The third-order valence-electron chi connectivity index (χ3n) is 3.73. The van der Waals surface area contributed by atoms with Crippen molar-refractivity contribution in [2.75, 3.05) is 5.75 Å². The second-order valence-corrected chi connectivity index (χ2v) is 8.60. The van der Waals surface area contributed by atoms with E-state index in [9.17, 15) is 12.8 Å². The van der Waals surface area contributed by atoms with Crippen molar-refractivity contribution in [1.82, 2.24) is 0 Å². The fraction of sp³-hybridized carbons (Fsp3) is 0.571. The number of rotatable bonds is 2. The minimum Gasteiger partial charge on any atom is -0.228 e. The lowest BCUT2D eigenvalue weighted by molar-refractivity contribution is 0.536. The lowest BCUT2D eigenvalue weighted by atomic mass is 10.0. The van der Waals surface area contributed by atoms with Gasteiger partial charge >= 0.3 is 0 Å². The molecule has 1 aliphatic heterocycles. The summed E-state index contributed by atoms with van der Waals surface area (Å²) in [6.07, 6.45) is 2.36. The Kier molecular flexibility index (Phi) is 4.35. The van der Waals surface area contributed by atoms with Gasteiger partial charge in [0.25, 0.3) is 0 Å². The number of aryl methyl sites for hydroxylation is 2. The van der Waals surface area contributed by atoms with E-state index in [-0.39, 0.29) is 16.4 Å².